The maximum absolute atomic E-state index is 12.9. The number of amides is 1. The van der Waals surface area contributed by atoms with Crippen molar-refractivity contribution in [2.75, 3.05) is 26.2 Å². The largest absolute Gasteiger partial charge is 0.375 e. The molecule has 2 fully saturated rings. The number of carbonyl (C=O) groups is 1. The summed E-state index contributed by atoms with van der Waals surface area (Å²) >= 11 is 1.54. The number of pyridine rings is 1. The van der Waals surface area contributed by atoms with Crippen molar-refractivity contribution in [1.82, 2.24) is 14.8 Å². The summed E-state index contributed by atoms with van der Waals surface area (Å²) in [6, 6.07) is 6.40. The van der Waals surface area contributed by atoms with Crippen molar-refractivity contribution >= 4 is 17.2 Å². The van der Waals surface area contributed by atoms with Crippen molar-refractivity contribution in [3.63, 3.8) is 0 Å². The van der Waals surface area contributed by atoms with Crippen LogP contribution in [-0.2, 0) is 11.3 Å². The fraction of sp³-hybridized carbons (Fsp3) is 0.474. The van der Waals surface area contributed by atoms with E-state index in [1.807, 2.05) is 35.7 Å². The minimum absolute atomic E-state index is 0.167. The second-order valence-electron chi connectivity index (χ2n) is 6.78. The van der Waals surface area contributed by atoms with E-state index in [1.165, 1.54) is 5.56 Å². The predicted octanol–water partition coefficient (Wildman–Crippen LogP) is 2.57. The van der Waals surface area contributed by atoms with Crippen LogP contribution in [0.4, 0.5) is 0 Å². The number of hydrogen-bond donors (Lipinski definition) is 0. The molecule has 0 unspecified atom stereocenters. The molecular formula is C19H23N3O2S. The lowest BCUT2D eigenvalue weighted by Gasteiger charge is -2.47. The Labute approximate surface area is 152 Å². The molecule has 0 spiro atoms. The van der Waals surface area contributed by atoms with Gasteiger partial charge in [0.05, 0.1) is 23.6 Å². The minimum Gasteiger partial charge on any atom is -0.375 e. The molecule has 132 valence electrons. The summed E-state index contributed by atoms with van der Waals surface area (Å²) in [5, 5.41) is 1.99. The number of rotatable bonds is 3. The molecular weight excluding hydrogens is 334 g/mol. The van der Waals surface area contributed by atoms with E-state index in [1.54, 1.807) is 11.3 Å². The molecule has 0 radical (unpaired) electrons. The second kappa shape index (κ2) is 7.23. The number of thiophene rings is 1. The van der Waals surface area contributed by atoms with Crippen molar-refractivity contribution < 1.29 is 9.53 Å². The van der Waals surface area contributed by atoms with Crippen LogP contribution in [-0.4, -0.2) is 59.1 Å². The van der Waals surface area contributed by atoms with Gasteiger partial charge in [-0.2, -0.15) is 0 Å². The number of nitrogens with zero attached hydrogens (tertiary/aromatic N) is 3. The van der Waals surface area contributed by atoms with Gasteiger partial charge in [0.15, 0.2) is 0 Å². The lowest BCUT2D eigenvalue weighted by atomic mass is 9.97. The molecule has 6 heteroatoms. The number of hydrogen-bond acceptors (Lipinski definition) is 5. The number of likely N-dealkylation sites (tertiary alicyclic amines) is 1. The third-order valence-corrected chi connectivity index (χ3v) is 6.18. The number of morpholine rings is 1. The van der Waals surface area contributed by atoms with E-state index < -0.39 is 0 Å². The zero-order chi connectivity index (χ0) is 17.2. The predicted molar refractivity (Wildman–Crippen MR) is 97.8 cm³/mol. The zero-order valence-electron chi connectivity index (χ0n) is 14.4. The zero-order valence-corrected chi connectivity index (χ0v) is 15.2. The Morgan fingerprint density at radius 1 is 1.32 bits per heavy atom. The monoisotopic (exact) mass is 357 g/mol. The van der Waals surface area contributed by atoms with E-state index in [0.29, 0.717) is 0 Å². The van der Waals surface area contributed by atoms with Crippen LogP contribution in [0.15, 0.2) is 36.0 Å². The maximum atomic E-state index is 12.9. The molecule has 25 heavy (non-hydrogen) atoms. The summed E-state index contributed by atoms with van der Waals surface area (Å²) in [5.74, 6) is 0.167. The highest BCUT2D eigenvalue weighted by atomic mass is 32.1. The van der Waals surface area contributed by atoms with Crippen molar-refractivity contribution in [3.8, 4) is 0 Å². The first-order valence-electron chi connectivity index (χ1n) is 8.80. The first-order valence-corrected chi connectivity index (χ1v) is 9.68. The summed E-state index contributed by atoms with van der Waals surface area (Å²) in [7, 11) is 0. The van der Waals surface area contributed by atoms with Crippen molar-refractivity contribution in [1.29, 1.82) is 0 Å². The summed E-state index contributed by atoms with van der Waals surface area (Å²) in [6.07, 6.45) is 4.81. The fourth-order valence-corrected chi connectivity index (χ4v) is 4.67. The normalized spacial score (nSPS) is 24.1. The van der Waals surface area contributed by atoms with Crippen LogP contribution < -0.4 is 0 Å². The molecule has 0 aromatic carbocycles. The molecule has 0 bridgehead atoms. The number of fused-ring (bicyclic) bond motifs is 1. The fourth-order valence-electron chi connectivity index (χ4n) is 3.78. The van der Waals surface area contributed by atoms with Crippen LogP contribution in [0.25, 0.3) is 0 Å². The minimum atomic E-state index is 0.167. The Morgan fingerprint density at radius 3 is 2.92 bits per heavy atom. The maximum Gasteiger partial charge on any atom is 0.264 e. The van der Waals surface area contributed by atoms with Gasteiger partial charge in [-0.1, -0.05) is 0 Å². The summed E-state index contributed by atoms with van der Waals surface area (Å²) in [5.41, 5.74) is 2.33. The van der Waals surface area contributed by atoms with E-state index in [0.717, 1.165) is 49.6 Å². The highest BCUT2D eigenvalue weighted by Gasteiger charge is 2.38. The first kappa shape index (κ1) is 16.7. The molecule has 4 heterocycles. The standard InChI is InChI=1S/C19H23N3O2S/c1-14-5-11-25-18(14)19(23)22-8-4-17-16(13-22)21(9-10-24-17)12-15-2-6-20-7-3-15/h2-3,5-7,11,16-17H,4,8-10,12-13H2,1H3/t16-,17-/m0/s1. The average molecular weight is 357 g/mol. The highest BCUT2D eigenvalue weighted by Crippen LogP contribution is 2.27. The van der Waals surface area contributed by atoms with E-state index in [-0.39, 0.29) is 18.1 Å². The van der Waals surface area contributed by atoms with Crippen LogP contribution in [0.3, 0.4) is 0 Å². The Morgan fingerprint density at radius 2 is 2.16 bits per heavy atom. The Kier molecular flexibility index (Phi) is 4.83. The summed E-state index contributed by atoms with van der Waals surface area (Å²) in [6.45, 7) is 6.09. The van der Waals surface area contributed by atoms with Crippen LogP contribution in [0.1, 0.15) is 27.2 Å². The Hall–Kier alpha value is -1.76. The topological polar surface area (TPSA) is 45.7 Å². The SMILES string of the molecule is Cc1ccsc1C(=O)N1CC[C@@H]2OCCN(Cc3ccncc3)[C@H]2C1. The van der Waals surface area contributed by atoms with E-state index in [2.05, 4.69) is 22.0 Å². The van der Waals surface area contributed by atoms with Gasteiger partial charge in [-0.15, -0.1) is 11.3 Å². The van der Waals surface area contributed by atoms with Gasteiger partial charge in [0.2, 0.25) is 0 Å². The molecule has 0 saturated carbocycles. The van der Waals surface area contributed by atoms with Gasteiger partial charge in [-0.25, -0.2) is 0 Å². The molecule has 2 aliphatic heterocycles. The molecule has 5 nitrogen and oxygen atoms in total. The Bertz CT molecular complexity index is 733. The lowest BCUT2D eigenvalue weighted by Crippen LogP contribution is -2.60. The van der Waals surface area contributed by atoms with E-state index in [4.69, 9.17) is 4.74 Å². The molecule has 2 aliphatic rings. The molecule has 2 saturated heterocycles. The number of carbonyl (C=O) groups excluding carboxylic acids is 1. The Balaban J connectivity index is 1.49. The quantitative estimate of drug-likeness (QED) is 0.847. The molecule has 0 aliphatic carbocycles. The lowest BCUT2D eigenvalue weighted by molar-refractivity contribution is -0.101. The van der Waals surface area contributed by atoms with E-state index >= 15 is 0 Å². The molecule has 2 aromatic heterocycles. The van der Waals surface area contributed by atoms with Gasteiger partial charge in [0.1, 0.15) is 0 Å². The number of ether oxygens (including phenoxy) is 1. The molecule has 1 amide bonds. The second-order valence-corrected chi connectivity index (χ2v) is 7.69. The summed E-state index contributed by atoms with van der Waals surface area (Å²) in [4.78, 5) is 22.3. The van der Waals surface area contributed by atoms with Gasteiger partial charge in [-0.05, 0) is 48.1 Å². The van der Waals surface area contributed by atoms with Crippen LogP contribution >= 0.6 is 11.3 Å². The number of piperidine rings is 1. The molecule has 2 aromatic rings. The van der Waals surface area contributed by atoms with Gasteiger partial charge in [0, 0.05) is 38.6 Å². The van der Waals surface area contributed by atoms with Crippen molar-refractivity contribution in [3.05, 3.63) is 52.0 Å². The summed E-state index contributed by atoms with van der Waals surface area (Å²) < 4.78 is 6.00. The number of aryl methyl sites for hydroxylation is 1. The van der Waals surface area contributed by atoms with Crippen LogP contribution in [0, 0.1) is 6.92 Å². The smallest absolute Gasteiger partial charge is 0.264 e. The van der Waals surface area contributed by atoms with Gasteiger partial charge in [-0.3, -0.25) is 14.7 Å². The third-order valence-electron chi connectivity index (χ3n) is 5.18. The van der Waals surface area contributed by atoms with Crippen molar-refractivity contribution in [2.45, 2.75) is 32.0 Å². The molecule has 2 atom stereocenters. The molecule has 4 rings (SSSR count). The van der Waals surface area contributed by atoms with Gasteiger partial charge >= 0.3 is 0 Å². The number of aromatic nitrogens is 1. The molecule has 0 N–H and O–H groups in total. The van der Waals surface area contributed by atoms with Gasteiger partial charge < -0.3 is 9.64 Å². The van der Waals surface area contributed by atoms with E-state index in [9.17, 15) is 4.79 Å². The van der Waals surface area contributed by atoms with Crippen LogP contribution in [0.5, 0.6) is 0 Å². The highest BCUT2D eigenvalue weighted by molar-refractivity contribution is 7.12. The first-order chi connectivity index (χ1) is 12.2. The van der Waals surface area contributed by atoms with Gasteiger partial charge in [0.25, 0.3) is 5.91 Å². The van der Waals surface area contributed by atoms with Crippen molar-refractivity contribution in [2.24, 2.45) is 0 Å². The average Bonchev–Trinajstić information content (AvgIpc) is 3.08. The third kappa shape index (κ3) is 3.47. The van der Waals surface area contributed by atoms with Crippen LogP contribution in [0.2, 0.25) is 0 Å².